The van der Waals surface area contributed by atoms with E-state index in [1.54, 1.807) is 23.9 Å². The molecule has 142 valence electrons. The Hall–Kier alpha value is -2.47. The number of benzene rings is 2. The number of carbonyl (C=O) groups is 2. The number of carbonyl (C=O) groups excluding carboxylic acids is 2. The molecular weight excluding hydrogens is 358 g/mol. The third kappa shape index (κ3) is 5.26. The van der Waals surface area contributed by atoms with Crippen LogP contribution in [-0.2, 0) is 4.79 Å². The molecule has 0 unspecified atom stereocenters. The Kier molecular flexibility index (Phi) is 6.76. The average molecular weight is 384 g/mol. The molecule has 0 atom stereocenters. The predicted molar refractivity (Wildman–Crippen MR) is 112 cm³/mol. The van der Waals surface area contributed by atoms with Crippen LogP contribution in [0.5, 0.6) is 0 Å². The summed E-state index contributed by atoms with van der Waals surface area (Å²) in [5.74, 6) is -0.314. The summed E-state index contributed by atoms with van der Waals surface area (Å²) in [5.41, 5.74) is 1.97. The van der Waals surface area contributed by atoms with Crippen LogP contribution >= 0.6 is 11.8 Å². The van der Waals surface area contributed by atoms with E-state index in [1.165, 1.54) is 0 Å². The van der Waals surface area contributed by atoms with Crippen molar-refractivity contribution in [1.82, 2.24) is 5.32 Å². The van der Waals surface area contributed by atoms with Gasteiger partial charge in [0.15, 0.2) is 0 Å². The molecule has 5 nitrogen and oxygen atoms in total. The van der Waals surface area contributed by atoms with Crippen LogP contribution in [0.15, 0.2) is 53.4 Å². The fourth-order valence-corrected chi connectivity index (χ4v) is 3.86. The number of nitrogens with one attached hydrogen (secondary N) is 3. The molecule has 2 aromatic rings. The lowest BCUT2D eigenvalue weighted by Gasteiger charge is -2.15. The van der Waals surface area contributed by atoms with Crippen LogP contribution in [0, 0.1) is 0 Å². The van der Waals surface area contributed by atoms with Crippen LogP contribution in [0.4, 0.5) is 11.4 Å². The maximum Gasteiger partial charge on any atom is 0.253 e. The summed E-state index contributed by atoms with van der Waals surface area (Å²) < 4.78 is 0. The van der Waals surface area contributed by atoms with Gasteiger partial charge < -0.3 is 16.0 Å². The van der Waals surface area contributed by atoms with Gasteiger partial charge in [-0.3, -0.25) is 9.59 Å². The number of thioether (sulfide) groups is 1. The molecular formula is C21H25N3O2S. The molecule has 6 heteroatoms. The van der Waals surface area contributed by atoms with E-state index in [-0.39, 0.29) is 24.4 Å². The topological polar surface area (TPSA) is 70.2 Å². The smallest absolute Gasteiger partial charge is 0.253 e. The Morgan fingerprint density at radius 2 is 1.67 bits per heavy atom. The van der Waals surface area contributed by atoms with Crippen LogP contribution in [0.3, 0.4) is 0 Å². The van der Waals surface area contributed by atoms with Gasteiger partial charge in [-0.25, -0.2) is 0 Å². The summed E-state index contributed by atoms with van der Waals surface area (Å²) >= 11 is 1.63. The number of hydrogen-bond acceptors (Lipinski definition) is 4. The highest BCUT2D eigenvalue weighted by molar-refractivity contribution is 7.98. The number of rotatable bonds is 7. The van der Waals surface area contributed by atoms with Gasteiger partial charge in [-0.15, -0.1) is 11.8 Å². The van der Waals surface area contributed by atoms with Gasteiger partial charge in [-0.1, -0.05) is 37.1 Å². The normalized spacial score (nSPS) is 14.0. The minimum atomic E-state index is -0.188. The highest BCUT2D eigenvalue weighted by atomic mass is 32.2. The average Bonchev–Trinajstić information content (AvgIpc) is 3.20. The van der Waals surface area contributed by atoms with Gasteiger partial charge in [0.1, 0.15) is 0 Å². The van der Waals surface area contributed by atoms with Gasteiger partial charge in [-0.05, 0) is 43.4 Å². The zero-order valence-electron chi connectivity index (χ0n) is 15.5. The first-order chi connectivity index (χ1) is 13.2. The molecule has 0 heterocycles. The molecule has 0 saturated heterocycles. The summed E-state index contributed by atoms with van der Waals surface area (Å²) in [5, 5.41) is 9.09. The number of hydrogen-bond donors (Lipinski definition) is 3. The zero-order chi connectivity index (χ0) is 19.1. The monoisotopic (exact) mass is 383 g/mol. The number of anilines is 2. The summed E-state index contributed by atoms with van der Waals surface area (Å²) in [4.78, 5) is 26.1. The second kappa shape index (κ2) is 9.46. The lowest BCUT2D eigenvalue weighted by Crippen LogP contribution is -2.33. The minimum absolute atomic E-state index is 0.126. The summed E-state index contributed by atoms with van der Waals surface area (Å²) in [6.07, 6.45) is 6.37. The first-order valence-corrected chi connectivity index (χ1v) is 10.5. The molecule has 2 aromatic carbocycles. The summed E-state index contributed by atoms with van der Waals surface area (Å²) in [6.45, 7) is 0.135. The van der Waals surface area contributed by atoms with E-state index in [9.17, 15) is 9.59 Å². The summed E-state index contributed by atoms with van der Waals surface area (Å²) in [7, 11) is 0. The third-order valence-electron chi connectivity index (χ3n) is 4.68. The van der Waals surface area contributed by atoms with E-state index >= 15 is 0 Å². The second-order valence-electron chi connectivity index (χ2n) is 6.60. The first-order valence-electron chi connectivity index (χ1n) is 9.24. The van der Waals surface area contributed by atoms with Crippen molar-refractivity contribution in [3.8, 4) is 0 Å². The fraction of sp³-hybridized carbons (Fsp3) is 0.333. The van der Waals surface area contributed by atoms with E-state index in [2.05, 4.69) is 16.0 Å². The van der Waals surface area contributed by atoms with Crippen LogP contribution in [-0.4, -0.2) is 30.7 Å². The van der Waals surface area contributed by atoms with E-state index < -0.39 is 0 Å². The van der Waals surface area contributed by atoms with Gasteiger partial charge in [0.2, 0.25) is 5.91 Å². The molecule has 27 heavy (non-hydrogen) atoms. The van der Waals surface area contributed by atoms with E-state index in [4.69, 9.17) is 0 Å². The lowest BCUT2D eigenvalue weighted by atomic mass is 10.1. The SMILES string of the molecule is CSc1ccccc1NCC(=O)Nc1ccccc1C(=O)NC1CCCC1. The second-order valence-corrected chi connectivity index (χ2v) is 7.45. The highest BCUT2D eigenvalue weighted by Gasteiger charge is 2.20. The number of para-hydroxylation sites is 2. The molecule has 0 bridgehead atoms. The third-order valence-corrected chi connectivity index (χ3v) is 5.48. The quantitative estimate of drug-likeness (QED) is 0.629. The molecule has 1 aliphatic rings. The van der Waals surface area contributed by atoms with Crippen molar-refractivity contribution in [3.63, 3.8) is 0 Å². The molecule has 1 saturated carbocycles. The molecule has 0 aliphatic heterocycles. The van der Waals surface area contributed by atoms with Gasteiger partial charge in [0.25, 0.3) is 5.91 Å². The Morgan fingerprint density at radius 3 is 2.41 bits per heavy atom. The Balaban J connectivity index is 1.61. The van der Waals surface area contributed by atoms with Crippen molar-refractivity contribution in [2.45, 2.75) is 36.6 Å². The maximum absolute atomic E-state index is 12.6. The maximum atomic E-state index is 12.6. The minimum Gasteiger partial charge on any atom is -0.375 e. The van der Waals surface area contributed by atoms with Crippen LogP contribution in [0.1, 0.15) is 36.0 Å². The molecule has 0 aromatic heterocycles. The van der Waals surface area contributed by atoms with Crippen molar-refractivity contribution < 1.29 is 9.59 Å². The van der Waals surface area contributed by atoms with E-state index in [0.717, 1.165) is 36.3 Å². The fourth-order valence-electron chi connectivity index (χ4n) is 3.28. The number of amides is 2. The summed E-state index contributed by atoms with van der Waals surface area (Å²) in [6, 6.07) is 15.2. The predicted octanol–water partition coefficient (Wildman–Crippen LogP) is 4.13. The molecule has 1 fully saturated rings. The van der Waals surface area contributed by atoms with Crippen molar-refractivity contribution in [1.29, 1.82) is 0 Å². The van der Waals surface area contributed by atoms with Crippen molar-refractivity contribution in [2.75, 3.05) is 23.4 Å². The van der Waals surface area contributed by atoms with Crippen LogP contribution < -0.4 is 16.0 Å². The van der Waals surface area contributed by atoms with Crippen molar-refractivity contribution in [3.05, 3.63) is 54.1 Å². The molecule has 2 amide bonds. The van der Waals surface area contributed by atoms with Crippen molar-refractivity contribution >= 4 is 35.0 Å². The van der Waals surface area contributed by atoms with Crippen LogP contribution in [0.2, 0.25) is 0 Å². The Morgan fingerprint density at radius 1 is 1.00 bits per heavy atom. The largest absolute Gasteiger partial charge is 0.375 e. The lowest BCUT2D eigenvalue weighted by molar-refractivity contribution is -0.114. The molecule has 1 aliphatic carbocycles. The van der Waals surface area contributed by atoms with Gasteiger partial charge >= 0.3 is 0 Å². The highest BCUT2D eigenvalue weighted by Crippen LogP contribution is 2.24. The van der Waals surface area contributed by atoms with Gasteiger partial charge in [0, 0.05) is 16.6 Å². The van der Waals surface area contributed by atoms with Gasteiger partial charge in [-0.2, -0.15) is 0 Å². The van der Waals surface area contributed by atoms with Crippen molar-refractivity contribution in [2.24, 2.45) is 0 Å². The molecule has 3 rings (SSSR count). The Bertz CT molecular complexity index is 804. The first kappa shape index (κ1) is 19.3. The molecule has 0 spiro atoms. The standard InChI is InChI=1S/C21H25N3O2S/c1-27-19-13-7-6-12-18(19)22-14-20(25)24-17-11-5-4-10-16(17)21(26)23-15-8-2-3-9-15/h4-7,10-13,15,22H,2-3,8-9,14H2,1H3,(H,23,26)(H,24,25). The van der Waals surface area contributed by atoms with E-state index in [0.29, 0.717) is 11.3 Å². The van der Waals surface area contributed by atoms with E-state index in [1.807, 2.05) is 42.7 Å². The molecule has 3 N–H and O–H groups in total. The van der Waals surface area contributed by atoms with Gasteiger partial charge in [0.05, 0.1) is 17.8 Å². The zero-order valence-corrected chi connectivity index (χ0v) is 16.3. The Labute approximate surface area is 164 Å². The molecule has 0 radical (unpaired) electrons. The van der Waals surface area contributed by atoms with Crippen LogP contribution in [0.25, 0.3) is 0 Å².